The fourth-order valence-electron chi connectivity index (χ4n) is 3.32. The van der Waals surface area contributed by atoms with Gasteiger partial charge in [-0.3, -0.25) is 9.29 Å². The minimum atomic E-state index is -4.57. The summed E-state index contributed by atoms with van der Waals surface area (Å²) in [7, 11) is -2.52. The number of aromatic nitrogens is 6. The Kier molecular flexibility index (Phi) is 7.46. The van der Waals surface area contributed by atoms with Gasteiger partial charge < -0.3 is 14.2 Å². The van der Waals surface area contributed by atoms with E-state index in [1.54, 1.807) is 0 Å². The van der Waals surface area contributed by atoms with Crippen molar-refractivity contribution in [1.29, 1.82) is 0 Å². The lowest BCUT2D eigenvalue weighted by Gasteiger charge is -2.19. The van der Waals surface area contributed by atoms with Crippen LogP contribution in [0.4, 0.5) is 19.1 Å². The summed E-state index contributed by atoms with van der Waals surface area (Å²) in [5.74, 6) is -0.463. The van der Waals surface area contributed by atoms with Crippen LogP contribution in [0.25, 0.3) is 11.5 Å². The first-order valence-corrected chi connectivity index (χ1v) is 12.3. The van der Waals surface area contributed by atoms with Crippen molar-refractivity contribution in [3.05, 3.63) is 35.5 Å². The van der Waals surface area contributed by atoms with E-state index in [-0.39, 0.29) is 60.2 Å². The second-order valence-corrected chi connectivity index (χ2v) is 9.79. The highest BCUT2D eigenvalue weighted by molar-refractivity contribution is 7.92. The molecule has 1 aliphatic heterocycles. The van der Waals surface area contributed by atoms with E-state index in [4.69, 9.17) is 25.8 Å². The largest absolute Gasteiger partial charge is 0.485 e. The number of aryl methyl sites for hydroxylation is 1. The van der Waals surface area contributed by atoms with Crippen LogP contribution in [0.5, 0.6) is 11.5 Å². The summed E-state index contributed by atoms with van der Waals surface area (Å²) in [6.07, 6.45) is -0.631. The van der Waals surface area contributed by atoms with E-state index in [1.807, 2.05) is 0 Å². The molecule has 12 nitrogen and oxygen atoms in total. The Morgan fingerprint density at radius 1 is 1.25 bits per heavy atom. The first kappa shape index (κ1) is 25.8. The molecule has 0 saturated carbocycles. The number of nitrogens with one attached hydrogen (secondary N) is 1. The van der Waals surface area contributed by atoms with E-state index in [2.05, 4.69) is 29.9 Å². The average Bonchev–Trinajstić information content (AvgIpc) is 3.14. The highest BCUT2D eigenvalue weighted by Crippen LogP contribution is 2.41. The number of hydrogen-bond acceptors (Lipinski definition) is 10. The van der Waals surface area contributed by atoms with Crippen LogP contribution in [0.15, 0.2) is 24.7 Å². The molecular formula is C19H19ClF3N7O5S. The van der Waals surface area contributed by atoms with Crippen molar-refractivity contribution < 1.29 is 35.8 Å². The van der Waals surface area contributed by atoms with E-state index in [0.29, 0.717) is 5.02 Å². The number of anilines is 1. The SMILES string of the molecule is COC[C@@H]1COc2c(OCC(F)(F)F)ccnc2-c2nnc(NS(=O)(=O)CCc3ncc(Cl)cn3)n21. The molecule has 194 valence electrons. The Bertz CT molecular complexity index is 1320. The predicted octanol–water partition coefficient (Wildman–Crippen LogP) is 2.29. The van der Waals surface area contributed by atoms with Crippen LogP contribution in [0.3, 0.4) is 0 Å². The van der Waals surface area contributed by atoms with E-state index in [0.717, 1.165) is 0 Å². The van der Waals surface area contributed by atoms with Crippen molar-refractivity contribution in [2.24, 2.45) is 0 Å². The van der Waals surface area contributed by atoms with Crippen LogP contribution in [-0.2, 0) is 21.2 Å². The van der Waals surface area contributed by atoms with Crippen LogP contribution < -0.4 is 14.2 Å². The second kappa shape index (κ2) is 10.4. The molecule has 36 heavy (non-hydrogen) atoms. The lowest BCUT2D eigenvalue weighted by Crippen LogP contribution is -2.26. The van der Waals surface area contributed by atoms with Gasteiger partial charge in [-0.2, -0.15) is 13.2 Å². The summed E-state index contributed by atoms with van der Waals surface area (Å²) in [5.41, 5.74) is 0.0285. The number of alkyl halides is 3. The molecule has 0 bridgehead atoms. The standard InChI is InChI=1S/C19H19ClF3N7O5S/c1-33-8-12-9-34-16-13(35-10-19(21,22)23)2-4-24-15(16)17-27-28-18(30(12)17)29-36(31,32)5-3-14-25-6-11(20)7-26-14/h2,4,6-7,12H,3,5,8-10H2,1H3,(H,28,29)/t12-/m1/s1. The third-order valence-corrected chi connectivity index (χ3v) is 6.26. The van der Waals surface area contributed by atoms with E-state index >= 15 is 0 Å². The minimum Gasteiger partial charge on any atom is -0.485 e. The zero-order valence-electron chi connectivity index (χ0n) is 18.6. The summed E-state index contributed by atoms with van der Waals surface area (Å²) >= 11 is 5.74. The molecule has 4 heterocycles. The van der Waals surface area contributed by atoms with Crippen molar-refractivity contribution >= 4 is 27.6 Å². The first-order chi connectivity index (χ1) is 17.1. The number of ether oxygens (including phenoxy) is 3. The minimum absolute atomic E-state index is 0.00238. The summed E-state index contributed by atoms with van der Waals surface area (Å²) in [4.78, 5) is 12.1. The number of methoxy groups -OCH3 is 1. The Labute approximate surface area is 207 Å². The van der Waals surface area contributed by atoms with Crippen molar-refractivity contribution in [1.82, 2.24) is 29.7 Å². The highest BCUT2D eigenvalue weighted by Gasteiger charge is 2.34. The number of hydrogen-bond donors (Lipinski definition) is 1. The van der Waals surface area contributed by atoms with Gasteiger partial charge in [0.05, 0.1) is 23.4 Å². The smallest absolute Gasteiger partial charge is 0.422 e. The van der Waals surface area contributed by atoms with Gasteiger partial charge in [0.1, 0.15) is 12.4 Å². The number of sulfonamides is 1. The van der Waals surface area contributed by atoms with Gasteiger partial charge in [0.2, 0.25) is 16.0 Å². The second-order valence-electron chi connectivity index (χ2n) is 7.52. The number of halogens is 4. The zero-order chi connectivity index (χ0) is 25.9. The van der Waals surface area contributed by atoms with E-state index in [1.165, 1.54) is 36.3 Å². The lowest BCUT2D eigenvalue weighted by molar-refractivity contribution is -0.153. The molecular weight excluding hydrogens is 531 g/mol. The molecule has 17 heteroatoms. The molecule has 1 aliphatic rings. The normalized spacial score (nSPS) is 15.4. The molecule has 3 aromatic heterocycles. The molecule has 1 atom stereocenters. The molecule has 4 rings (SSSR count). The Morgan fingerprint density at radius 3 is 2.69 bits per heavy atom. The summed E-state index contributed by atoms with van der Waals surface area (Å²) < 4.78 is 83.3. The molecule has 0 fully saturated rings. The summed E-state index contributed by atoms with van der Waals surface area (Å²) in [6.45, 7) is -1.61. The van der Waals surface area contributed by atoms with Crippen LogP contribution in [0.2, 0.25) is 5.02 Å². The molecule has 0 spiro atoms. The maximum atomic E-state index is 12.8. The highest BCUT2D eigenvalue weighted by atomic mass is 35.5. The summed E-state index contributed by atoms with van der Waals surface area (Å²) in [5, 5.41) is 8.28. The number of pyridine rings is 1. The van der Waals surface area contributed by atoms with Crippen molar-refractivity contribution in [2.45, 2.75) is 18.6 Å². The van der Waals surface area contributed by atoms with Gasteiger partial charge >= 0.3 is 6.18 Å². The third kappa shape index (κ3) is 6.11. The van der Waals surface area contributed by atoms with Gasteiger partial charge in [-0.1, -0.05) is 11.6 Å². The molecule has 3 aromatic rings. The third-order valence-electron chi connectivity index (χ3n) is 4.83. The lowest BCUT2D eigenvalue weighted by atomic mass is 10.3. The van der Waals surface area contributed by atoms with Crippen LogP contribution in [-0.4, -0.2) is 77.0 Å². The maximum absolute atomic E-state index is 12.8. The van der Waals surface area contributed by atoms with E-state index < -0.39 is 28.8 Å². The van der Waals surface area contributed by atoms with Crippen LogP contribution in [0, 0.1) is 0 Å². The van der Waals surface area contributed by atoms with Gasteiger partial charge in [0, 0.05) is 38.2 Å². The van der Waals surface area contributed by atoms with Gasteiger partial charge in [0.15, 0.2) is 29.6 Å². The zero-order valence-corrected chi connectivity index (χ0v) is 20.1. The number of nitrogens with zero attached hydrogens (tertiary/aromatic N) is 6. The van der Waals surface area contributed by atoms with Crippen LogP contribution in [0.1, 0.15) is 11.9 Å². The van der Waals surface area contributed by atoms with Gasteiger partial charge in [-0.25, -0.2) is 23.4 Å². The average molecular weight is 550 g/mol. The van der Waals surface area contributed by atoms with E-state index in [9.17, 15) is 21.6 Å². The summed E-state index contributed by atoms with van der Waals surface area (Å²) in [6, 6.07) is 0.576. The molecule has 0 aromatic carbocycles. The Morgan fingerprint density at radius 2 is 2.00 bits per heavy atom. The maximum Gasteiger partial charge on any atom is 0.422 e. The molecule has 0 aliphatic carbocycles. The number of fused-ring (bicyclic) bond motifs is 3. The van der Waals surface area contributed by atoms with Gasteiger partial charge in [-0.15, -0.1) is 10.2 Å². The van der Waals surface area contributed by atoms with Gasteiger partial charge in [-0.05, 0) is 0 Å². The molecule has 0 amide bonds. The Hall–Kier alpha value is -3.24. The van der Waals surface area contributed by atoms with Crippen LogP contribution >= 0.6 is 11.6 Å². The molecule has 0 unspecified atom stereocenters. The molecule has 1 N–H and O–H groups in total. The topological polar surface area (TPSA) is 143 Å². The quantitative estimate of drug-likeness (QED) is 0.422. The van der Waals surface area contributed by atoms with Crippen molar-refractivity contribution in [3.63, 3.8) is 0 Å². The number of rotatable bonds is 9. The van der Waals surface area contributed by atoms with Crippen molar-refractivity contribution in [3.8, 4) is 23.0 Å². The Balaban J connectivity index is 1.63. The predicted molar refractivity (Wildman–Crippen MR) is 119 cm³/mol. The molecule has 0 radical (unpaired) electrons. The fraction of sp³-hybridized carbons (Fsp3) is 0.421. The van der Waals surface area contributed by atoms with Gasteiger partial charge in [0.25, 0.3) is 0 Å². The fourth-order valence-corrected chi connectivity index (χ4v) is 4.39. The monoisotopic (exact) mass is 549 g/mol. The first-order valence-electron chi connectivity index (χ1n) is 10.3. The van der Waals surface area contributed by atoms with Crippen molar-refractivity contribution in [2.75, 3.05) is 37.4 Å². The molecule has 0 saturated heterocycles.